The van der Waals surface area contributed by atoms with Crippen molar-refractivity contribution in [1.82, 2.24) is 0 Å². The van der Waals surface area contributed by atoms with Crippen molar-refractivity contribution >= 4 is 5.97 Å². The van der Waals surface area contributed by atoms with Gasteiger partial charge in [0.05, 0.1) is 18.6 Å². The highest BCUT2D eigenvalue weighted by Crippen LogP contribution is 2.64. The van der Waals surface area contributed by atoms with Gasteiger partial charge in [-0.25, -0.2) is 0 Å². The summed E-state index contributed by atoms with van der Waals surface area (Å²) in [5, 5.41) is 9.56. The molecule has 3 nitrogen and oxygen atoms in total. The van der Waals surface area contributed by atoms with Crippen LogP contribution in [0.25, 0.3) is 0 Å². The highest BCUT2D eigenvalue weighted by atomic mass is 16.5. The van der Waals surface area contributed by atoms with Crippen LogP contribution in [-0.4, -0.2) is 24.3 Å². The summed E-state index contributed by atoms with van der Waals surface area (Å²) < 4.78 is 5.28. The highest BCUT2D eigenvalue weighted by molar-refractivity contribution is 5.80. The van der Waals surface area contributed by atoms with Gasteiger partial charge in [0.15, 0.2) is 0 Å². The Morgan fingerprint density at radius 1 is 1.44 bits per heavy atom. The lowest BCUT2D eigenvalue weighted by Crippen LogP contribution is -2.36. The molecule has 2 aliphatic carbocycles. The Morgan fingerprint density at radius 2 is 2.22 bits per heavy atom. The molecule has 1 heterocycles. The quantitative estimate of drug-likeness (QED) is 0.729. The van der Waals surface area contributed by atoms with Gasteiger partial charge in [-0.05, 0) is 36.5 Å². The van der Waals surface area contributed by atoms with Crippen molar-refractivity contribution in [2.75, 3.05) is 13.2 Å². The summed E-state index contributed by atoms with van der Waals surface area (Å²) in [7, 11) is 0. The van der Waals surface area contributed by atoms with Gasteiger partial charge in [0, 0.05) is 5.92 Å². The fourth-order valence-corrected chi connectivity index (χ4v) is 4.92. The SMILES string of the molecule is C[C@H]1CCC[C@@H]2C[C@]3(C[C@@]21C)C(=O)OCC3CO. The lowest BCUT2D eigenvalue weighted by atomic mass is 9.63. The van der Waals surface area contributed by atoms with Crippen LogP contribution >= 0.6 is 0 Å². The van der Waals surface area contributed by atoms with Crippen LogP contribution in [0.3, 0.4) is 0 Å². The van der Waals surface area contributed by atoms with Gasteiger partial charge in [0.2, 0.25) is 0 Å². The molecule has 0 aromatic rings. The van der Waals surface area contributed by atoms with Gasteiger partial charge in [0.25, 0.3) is 0 Å². The van der Waals surface area contributed by atoms with Crippen LogP contribution in [-0.2, 0) is 9.53 Å². The molecule has 0 radical (unpaired) electrons. The van der Waals surface area contributed by atoms with Crippen LogP contribution in [0.5, 0.6) is 0 Å². The molecular formula is C15H24O3. The molecule has 3 aliphatic rings. The van der Waals surface area contributed by atoms with Crippen molar-refractivity contribution in [3.63, 3.8) is 0 Å². The van der Waals surface area contributed by atoms with Gasteiger partial charge in [-0.2, -0.15) is 0 Å². The zero-order chi connectivity index (χ0) is 13.0. The smallest absolute Gasteiger partial charge is 0.312 e. The molecule has 0 aromatic heterocycles. The Morgan fingerprint density at radius 3 is 2.89 bits per heavy atom. The first kappa shape index (κ1) is 12.5. The zero-order valence-corrected chi connectivity index (χ0v) is 11.4. The van der Waals surface area contributed by atoms with E-state index in [1.165, 1.54) is 19.3 Å². The van der Waals surface area contributed by atoms with Crippen molar-refractivity contribution < 1.29 is 14.6 Å². The number of fused-ring (bicyclic) bond motifs is 1. The van der Waals surface area contributed by atoms with Crippen LogP contribution in [0.15, 0.2) is 0 Å². The second-order valence-electron chi connectivity index (χ2n) is 7.05. The number of rotatable bonds is 1. The predicted octanol–water partition coefficient (Wildman–Crippen LogP) is 2.37. The van der Waals surface area contributed by atoms with Gasteiger partial charge in [-0.15, -0.1) is 0 Å². The maximum absolute atomic E-state index is 12.2. The molecule has 102 valence electrons. The number of esters is 1. The number of carbonyl (C=O) groups excluding carboxylic acids is 1. The van der Waals surface area contributed by atoms with E-state index in [4.69, 9.17) is 4.74 Å². The minimum absolute atomic E-state index is 0.0274. The summed E-state index contributed by atoms with van der Waals surface area (Å²) in [6.45, 7) is 5.20. The molecule has 18 heavy (non-hydrogen) atoms. The third-order valence-electron chi connectivity index (χ3n) is 6.38. The second-order valence-corrected chi connectivity index (χ2v) is 7.05. The van der Waals surface area contributed by atoms with Crippen molar-refractivity contribution in [3.05, 3.63) is 0 Å². The van der Waals surface area contributed by atoms with Crippen LogP contribution in [0.2, 0.25) is 0 Å². The largest absolute Gasteiger partial charge is 0.465 e. The van der Waals surface area contributed by atoms with Crippen LogP contribution in [0.1, 0.15) is 46.0 Å². The molecule has 0 amide bonds. The third kappa shape index (κ3) is 1.43. The molecular weight excluding hydrogens is 228 g/mol. The van der Waals surface area contributed by atoms with E-state index in [0.717, 1.165) is 12.8 Å². The van der Waals surface area contributed by atoms with E-state index < -0.39 is 0 Å². The monoisotopic (exact) mass is 252 g/mol. The standard InChI is InChI=1S/C15H24O3/c1-10-4-3-5-11-6-15(9-14(10,11)2)12(7-16)8-18-13(15)17/h10-12,16H,3-9H2,1-2H3/t10-,11+,12?,14+,15+/m0/s1. The zero-order valence-electron chi connectivity index (χ0n) is 11.4. The van der Waals surface area contributed by atoms with Crippen LogP contribution < -0.4 is 0 Å². The van der Waals surface area contributed by atoms with Gasteiger partial charge in [-0.3, -0.25) is 4.79 Å². The number of ether oxygens (including phenoxy) is 1. The Balaban J connectivity index is 1.95. The van der Waals surface area contributed by atoms with Crippen molar-refractivity contribution in [3.8, 4) is 0 Å². The minimum atomic E-state index is -0.368. The van der Waals surface area contributed by atoms with E-state index >= 15 is 0 Å². The number of carbonyl (C=O) groups is 1. The molecule has 0 bridgehead atoms. The topological polar surface area (TPSA) is 46.5 Å². The summed E-state index contributed by atoms with van der Waals surface area (Å²) in [6.07, 6.45) is 5.68. The molecule has 1 aliphatic heterocycles. The predicted molar refractivity (Wildman–Crippen MR) is 67.8 cm³/mol. The summed E-state index contributed by atoms with van der Waals surface area (Å²) in [5.41, 5.74) is -0.0954. The maximum Gasteiger partial charge on any atom is 0.312 e. The molecule has 1 saturated heterocycles. The van der Waals surface area contributed by atoms with Gasteiger partial charge >= 0.3 is 5.97 Å². The molecule has 3 rings (SSSR count). The highest BCUT2D eigenvalue weighted by Gasteiger charge is 2.63. The average molecular weight is 252 g/mol. The van der Waals surface area contributed by atoms with E-state index in [9.17, 15) is 9.90 Å². The van der Waals surface area contributed by atoms with Gasteiger partial charge in [0.1, 0.15) is 0 Å². The van der Waals surface area contributed by atoms with E-state index in [1.807, 2.05) is 0 Å². The Kier molecular flexibility index (Phi) is 2.74. The molecule has 2 saturated carbocycles. The fraction of sp³-hybridized carbons (Fsp3) is 0.933. The summed E-state index contributed by atoms with van der Waals surface area (Å²) >= 11 is 0. The maximum atomic E-state index is 12.2. The van der Waals surface area contributed by atoms with Crippen molar-refractivity contribution in [2.24, 2.45) is 28.6 Å². The lowest BCUT2D eigenvalue weighted by molar-refractivity contribution is -0.147. The molecule has 1 spiro atoms. The second kappa shape index (κ2) is 3.96. The number of aliphatic hydroxyl groups is 1. The van der Waals surface area contributed by atoms with Crippen LogP contribution in [0.4, 0.5) is 0 Å². The first-order chi connectivity index (χ1) is 8.53. The third-order valence-corrected chi connectivity index (χ3v) is 6.38. The molecule has 3 heteroatoms. The minimum Gasteiger partial charge on any atom is -0.465 e. The Labute approximate surface area is 109 Å². The first-order valence-electron chi connectivity index (χ1n) is 7.31. The lowest BCUT2D eigenvalue weighted by Gasteiger charge is -2.42. The molecule has 1 N–H and O–H groups in total. The fourth-order valence-electron chi connectivity index (χ4n) is 4.92. The first-order valence-corrected chi connectivity index (χ1v) is 7.31. The van der Waals surface area contributed by atoms with Crippen LogP contribution in [0, 0.1) is 28.6 Å². The summed E-state index contributed by atoms with van der Waals surface area (Å²) in [6, 6.07) is 0. The van der Waals surface area contributed by atoms with Gasteiger partial charge in [-0.1, -0.05) is 26.7 Å². The Hall–Kier alpha value is -0.570. The summed E-state index contributed by atoms with van der Waals surface area (Å²) in [5.74, 6) is 1.31. The molecule has 5 atom stereocenters. The normalized spacial score (nSPS) is 51.5. The summed E-state index contributed by atoms with van der Waals surface area (Å²) in [4.78, 5) is 12.2. The van der Waals surface area contributed by atoms with E-state index in [1.54, 1.807) is 0 Å². The van der Waals surface area contributed by atoms with E-state index in [0.29, 0.717) is 18.4 Å². The Bertz CT molecular complexity index is 367. The number of hydrogen-bond acceptors (Lipinski definition) is 3. The van der Waals surface area contributed by atoms with Crippen molar-refractivity contribution in [1.29, 1.82) is 0 Å². The molecule has 1 unspecified atom stereocenters. The van der Waals surface area contributed by atoms with Gasteiger partial charge < -0.3 is 9.84 Å². The number of hydrogen-bond donors (Lipinski definition) is 1. The number of aliphatic hydroxyl groups excluding tert-OH is 1. The van der Waals surface area contributed by atoms with E-state index in [2.05, 4.69) is 13.8 Å². The number of cyclic esters (lactones) is 1. The molecule has 3 fully saturated rings. The molecule has 0 aromatic carbocycles. The van der Waals surface area contributed by atoms with Crippen molar-refractivity contribution in [2.45, 2.75) is 46.0 Å². The average Bonchev–Trinajstić information content (AvgIpc) is 2.81. The van der Waals surface area contributed by atoms with E-state index in [-0.39, 0.29) is 29.3 Å².